The van der Waals surface area contributed by atoms with Crippen molar-refractivity contribution in [3.63, 3.8) is 0 Å². The van der Waals surface area contributed by atoms with Gasteiger partial charge in [-0.15, -0.1) is 0 Å². The van der Waals surface area contributed by atoms with Crippen LogP contribution in [0.3, 0.4) is 0 Å². The molecule has 0 bridgehead atoms. The van der Waals surface area contributed by atoms with Crippen molar-refractivity contribution in [3.8, 4) is 0 Å². The number of hydrogen-bond acceptors (Lipinski definition) is 3. The van der Waals surface area contributed by atoms with Crippen molar-refractivity contribution in [1.29, 1.82) is 0 Å². The normalized spacial score (nSPS) is 29.4. The number of amides is 1. The van der Waals surface area contributed by atoms with Crippen molar-refractivity contribution >= 4 is 5.91 Å². The number of benzene rings is 1. The SMILES string of the molecule is CCC1=C(C)NC2C(c3ccccc3)C(C)NN2C1=O. The molecule has 2 heterocycles. The fraction of sp³-hybridized carbons (Fsp3) is 0.438. The Morgan fingerprint density at radius 2 is 1.95 bits per heavy atom. The van der Waals surface area contributed by atoms with Gasteiger partial charge in [0.25, 0.3) is 5.91 Å². The number of nitrogens with zero attached hydrogens (tertiary/aromatic N) is 1. The van der Waals surface area contributed by atoms with Gasteiger partial charge in [-0.1, -0.05) is 37.3 Å². The topological polar surface area (TPSA) is 44.4 Å². The van der Waals surface area contributed by atoms with Crippen LogP contribution >= 0.6 is 0 Å². The average Bonchev–Trinajstić information content (AvgIpc) is 2.77. The summed E-state index contributed by atoms with van der Waals surface area (Å²) in [5.41, 5.74) is 6.46. The Bertz CT molecular complexity index is 552. The smallest absolute Gasteiger partial charge is 0.267 e. The predicted molar refractivity (Wildman–Crippen MR) is 78.5 cm³/mol. The van der Waals surface area contributed by atoms with Crippen molar-refractivity contribution in [2.75, 3.05) is 0 Å². The molecule has 2 aliphatic heterocycles. The van der Waals surface area contributed by atoms with E-state index in [1.165, 1.54) is 5.56 Å². The molecule has 0 spiro atoms. The zero-order valence-corrected chi connectivity index (χ0v) is 12.2. The van der Waals surface area contributed by atoms with E-state index < -0.39 is 0 Å². The number of hydrogen-bond donors (Lipinski definition) is 2. The summed E-state index contributed by atoms with van der Waals surface area (Å²) in [5.74, 6) is 0.368. The van der Waals surface area contributed by atoms with Gasteiger partial charge in [-0.25, -0.2) is 5.43 Å². The average molecular weight is 271 g/mol. The van der Waals surface area contributed by atoms with Gasteiger partial charge in [0.1, 0.15) is 6.17 Å². The fourth-order valence-corrected chi connectivity index (χ4v) is 3.33. The Morgan fingerprint density at radius 1 is 1.25 bits per heavy atom. The standard InChI is InChI=1S/C16H21N3O/c1-4-13-10(2)17-15-14(12-8-6-5-7-9-12)11(3)18-19(15)16(13)20/h5-9,11,14-15,17-18H,4H2,1-3H3. The first-order valence-electron chi connectivity index (χ1n) is 7.24. The largest absolute Gasteiger partial charge is 0.367 e. The fourth-order valence-electron chi connectivity index (χ4n) is 3.33. The monoisotopic (exact) mass is 271 g/mol. The van der Waals surface area contributed by atoms with Crippen LogP contribution in [-0.4, -0.2) is 23.1 Å². The highest BCUT2D eigenvalue weighted by Crippen LogP contribution is 2.34. The Hall–Kier alpha value is -1.81. The van der Waals surface area contributed by atoms with E-state index in [1.807, 2.05) is 19.9 Å². The summed E-state index contributed by atoms with van der Waals surface area (Å²) in [7, 11) is 0. The summed E-state index contributed by atoms with van der Waals surface area (Å²) < 4.78 is 0. The molecule has 0 aromatic heterocycles. The molecule has 1 aromatic carbocycles. The minimum Gasteiger partial charge on any atom is -0.367 e. The zero-order chi connectivity index (χ0) is 14.3. The zero-order valence-electron chi connectivity index (χ0n) is 12.2. The van der Waals surface area contributed by atoms with E-state index in [4.69, 9.17) is 0 Å². The highest BCUT2D eigenvalue weighted by molar-refractivity contribution is 5.95. The molecule has 1 aromatic rings. The molecule has 2 aliphatic rings. The second-order valence-corrected chi connectivity index (χ2v) is 5.58. The molecule has 1 fully saturated rings. The van der Waals surface area contributed by atoms with E-state index in [0.29, 0.717) is 0 Å². The Morgan fingerprint density at radius 3 is 2.60 bits per heavy atom. The third-order valence-electron chi connectivity index (χ3n) is 4.33. The van der Waals surface area contributed by atoms with E-state index in [-0.39, 0.29) is 24.0 Å². The Balaban J connectivity index is 1.97. The number of hydrazine groups is 1. The molecule has 1 saturated heterocycles. The van der Waals surface area contributed by atoms with Gasteiger partial charge >= 0.3 is 0 Å². The lowest BCUT2D eigenvalue weighted by Crippen LogP contribution is -2.54. The number of carbonyl (C=O) groups excluding carboxylic acids is 1. The molecule has 4 nitrogen and oxygen atoms in total. The van der Waals surface area contributed by atoms with Crippen LogP contribution < -0.4 is 10.7 Å². The van der Waals surface area contributed by atoms with Crippen LogP contribution in [0.2, 0.25) is 0 Å². The van der Waals surface area contributed by atoms with Crippen molar-refractivity contribution in [1.82, 2.24) is 15.8 Å². The molecule has 1 amide bonds. The predicted octanol–water partition coefficient (Wildman–Crippen LogP) is 2.12. The van der Waals surface area contributed by atoms with Crippen LogP contribution in [0, 0.1) is 0 Å². The third-order valence-corrected chi connectivity index (χ3v) is 4.33. The summed E-state index contributed by atoms with van der Waals surface area (Å²) in [6.45, 7) is 6.15. The third kappa shape index (κ3) is 1.91. The molecule has 0 aliphatic carbocycles. The second kappa shape index (κ2) is 4.94. The second-order valence-electron chi connectivity index (χ2n) is 5.58. The van der Waals surface area contributed by atoms with Crippen LogP contribution in [0.15, 0.2) is 41.6 Å². The number of allylic oxidation sites excluding steroid dienone is 1. The van der Waals surface area contributed by atoms with Gasteiger partial charge in [0.15, 0.2) is 0 Å². The summed E-state index contributed by atoms with van der Waals surface area (Å²) in [4.78, 5) is 12.5. The summed E-state index contributed by atoms with van der Waals surface area (Å²) >= 11 is 0. The highest BCUT2D eigenvalue weighted by Gasteiger charge is 2.45. The number of rotatable bonds is 2. The molecule has 3 unspecified atom stereocenters. The van der Waals surface area contributed by atoms with E-state index in [0.717, 1.165) is 17.7 Å². The number of carbonyl (C=O) groups is 1. The Kier molecular flexibility index (Phi) is 3.26. The maximum absolute atomic E-state index is 12.5. The Labute approximate surface area is 119 Å². The van der Waals surface area contributed by atoms with E-state index in [1.54, 1.807) is 5.01 Å². The maximum Gasteiger partial charge on any atom is 0.267 e. The molecule has 106 valence electrons. The van der Waals surface area contributed by atoms with Crippen LogP contribution in [0.5, 0.6) is 0 Å². The number of fused-ring (bicyclic) bond motifs is 1. The first kappa shape index (κ1) is 13.2. The minimum absolute atomic E-state index is 0.00444. The van der Waals surface area contributed by atoms with E-state index in [2.05, 4.69) is 41.9 Å². The summed E-state index contributed by atoms with van der Waals surface area (Å²) in [6, 6.07) is 10.6. The molecule has 0 saturated carbocycles. The summed E-state index contributed by atoms with van der Waals surface area (Å²) in [5, 5.41) is 5.28. The van der Waals surface area contributed by atoms with Crippen molar-refractivity contribution in [3.05, 3.63) is 47.2 Å². The highest BCUT2D eigenvalue weighted by atomic mass is 16.2. The van der Waals surface area contributed by atoms with Crippen LogP contribution in [0.25, 0.3) is 0 Å². The molecule has 3 atom stereocenters. The molecular weight excluding hydrogens is 250 g/mol. The van der Waals surface area contributed by atoms with Crippen LogP contribution in [0.1, 0.15) is 38.7 Å². The van der Waals surface area contributed by atoms with Gasteiger partial charge in [0.05, 0.1) is 0 Å². The molecule has 20 heavy (non-hydrogen) atoms. The molecule has 4 heteroatoms. The van der Waals surface area contributed by atoms with Gasteiger partial charge < -0.3 is 5.32 Å². The van der Waals surface area contributed by atoms with Crippen LogP contribution in [0.4, 0.5) is 0 Å². The van der Waals surface area contributed by atoms with Gasteiger partial charge in [0.2, 0.25) is 0 Å². The summed E-state index contributed by atoms with van der Waals surface area (Å²) in [6.07, 6.45) is 0.752. The minimum atomic E-state index is -0.00444. The molecular formula is C16H21N3O. The lowest BCUT2D eigenvalue weighted by molar-refractivity contribution is -0.132. The quantitative estimate of drug-likeness (QED) is 0.866. The van der Waals surface area contributed by atoms with Crippen molar-refractivity contribution in [2.24, 2.45) is 0 Å². The first-order valence-corrected chi connectivity index (χ1v) is 7.24. The van der Waals surface area contributed by atoms with Gasteiger partial charge in [0, 0.05) is 23.2 Å². The number of nitrogens with one attached hydrogen (secondary N) is 2. The molecule has 0 radical (unpaired) electrons. The van der Waals surface area contributed by atoms with Gasteiger partial charge in [-0.3, -0.25) is 9.80 Å². The first-order chi connectivity index (χ1) is 9.63. The van der Waals surface area contributed by atoms with E-state index >= 15 is 0 Å². The van der Waals surface area contributed by atoms with Gasteiger partial charge in [-0.2, -0.15) is 0 Å². The molecule has 3 rings (SSSR count). The lowest BCUT2D eigenvalue weighted by atomic mass is 9.90. The molecule has 2 N–H and O–H groups in total. The van der Waals surface area contributed by atoms with Crippen molar-refractivity contribution < 1.29 is 4.79 Å². The van der Waals surface area contributed by atoms with Crippen molar-refractivity contribution in [2.45, 2.75) is 45.3 Å². The van der Waals surface area contributed by atoms with Gasteiger partial charge in [-0.05, 0) is 25.8 Å². The van der Waals surface area contributed by atoms with Crippen LogP contribution in [-0.2, 0) is 4.79 Å². The maximum atomic E-state index is 12.5. The lowest BCUT2D eigenvalue weighted by Gasteiger charge is -2.35. The van der Waals surface area contributed by atoms with E-state index in [9.17, 15) is 4.79 Å².